The number of amides is 1. The number of benzene rings is 1. The predicted molar refractivity (Wildman–Crippen MR) is 73.3 cm³/mol. The summed E-state index contributed by atoms with van der Waals surface area (Å²) in [4.78, 5) is 13.4. The largest absolute Gasteiger partial charge is 0.482 e. The van der Waals surface area contributed by atoms with Crippen LogP contribution in [0.3, 0.4) is 0 Å². The fraction of sp³-hybridized carbons (Fsp3) is 0.417. The average Bonchev–Trinajstić information content (AvgIpc) is 2.74. The third kappa shape index (κ3) is 4.23. The summed E-state index contributed by atoms with van der Waals surface area (Å²) >= 11 is 5.79. The van der Waals surface area contributed by atoms with Crippen molar-refractivity contribution in [2.24, 2.45) is 5.73 Å². The van der Waals surface area contributed by atoms with Gasteiger partial charge in [0, 0.05) is 19.1 Å². The van der Waals surface area contributed by atoms with E-state index in [1.54, 1.807) is 4.90 Å². The Morgan fingerprint density at radius 1 is 1.58 bits per heavy atom. The highest BCUT2D eigenvalue weighted by molar-refractivity contribution is 6.32. The van der Waals surface area contributed by atoms with E-state index in [2.05, 4.69) is 0 Å². The van der Waals surface area contributed by atoms with Crippen molar-refractivity contribution in [3.8, 4) is 5.75 Å². The quantitative estimate of drug-likeness (QED) is 0.927. The first-order valence-electron chi connectivity index (χ1n) is 5.67. The van der Waals surface area contributed by atoms with Crippen molar-refractivity contribution in [2.45, 2.75) is 12.5 Å². The molecular weight excluding hydrogens is 294 g/mol. The molecule has 0 bridgehead atoms. The summed E-state index contributed by atoms with van der Waals surface area (Å²) in [5.74, 6) is -0.276. The first kappa shape index (κ1) is 16.0. The molecule has 1 aliphatic rings. The number of halogens is 3. The van der Waals surface area contributed by atoms with E-state index in [0.29, 0.717) is 18.8 Å². The lowest BCUT2D eigenvalue weighted by Gasteiger charge is -2.16. The predicted octanol–water partition coefficient (Wildman–Crippen LogP) is 1.84. The molecule has 1 aromatic carbocycles. The molecule has 1 heterocycles. The van der Waals surface area contributed by atoms with Gasteiger partial charge in [0.2, 0.25) is 0 Å². The van der Waals surface area contributed by atoms with Crippen molar-refractivity contribution in [1.29, 1.82) is 0 Å². The number of hydrogen-bond acceptors (Lipinski definition) is 3. The Hall–Kier alpha value is -1.04. The van der Waals surface area contributed by atoms with Crippen LogP contribution in [-0.4, -0.2) is 36.5 Å². The molecule has 2 N–H and O–H groups in total. The number of nitrogens with two attached hydrogens (primary N) is 1. The zero-order valence-electron chi connectivity index (χ0n) is 10.1. The van der Waals surface area contributed by atoms with Crippen molar-refractivity contribution in [1.82, 2.24) is 4.90 Å². The third-order valence-electron chi connectivity index (χ3n) is 2.82. The van der Waals surface area contributed by atoms with Crippen molar-refractivity contribution < 1.29 is 13.9 Å². The fourth-order valence-electron chi connectivity index (χ4n) is 1.84. The van der Waals surface area contributed by atoms with E-state index in [0.717, 1.165) is 12.5 Å². The van der Waals surface area contributed by atoms with E-state index >= 15 is 0 Å². The number of carbonyl (C=O) groups is 1. The normalized spacial score (nSPS) is 18.1. The van der Waals surface area contributed by atoms with Crippen LogP contribution in [0.2, 0.25) is 5.02 Å². The molecule has 1 aliphatic heterocycles. The number of hydrogen-bond donors (Lipinski definition) is 1. The summed E-state index contributed by atoms with van der Waals surface area (Å²) in [5, 5.41) is 0.154. The van der Waals surface area contributed by atoms with E-state index in [9.17, 15) is 9.18 Å². The Morgan fingerprint density at radius 3 is 2.89 bits per heavy atom. The van der Waals surface area contributed by atoms with Crippen LogP contribution in [0.5, 0.6) is 5.75 Å². The molecule has 19 heavy (non-hydrogen) atoms. The highest BCUT2D eigenvalue weighted by atomic mass is 35.5. The molecule has 0 spiro atoms. The summed E-state index contributed by atoms with van der Waals surface area (Å²) in [5.41, 5.74) is 5.71. The zero-order valence-corrected chi connectivity index (χ0v) is 11.7. The minimum Gasteiger partial charge on any atom is -0.482 e. The van der Waals surface area contributed by atoms with Crippen LogP contribution in [0, 0.1) is 5.82 Å². The lowest BCUT2D eigenvalue weighted by Crippen LogP contribution is -2.35. The van der Waals surface area contributed by atoms with Gasteiger partial charge >= 0.3 is 0 Å². The van der Waals surface area contributed by atoms with Crippen LogP contribution in [-0.2, 0) is 4.79 Å². The molecule has 1 amide bonds. The zero-order chi connectivity index (χ0) is 13.1. The molecule has 0 aromatic heterocycles. The SMILES string of the molecule is Cl.N[C@@H]1CCN(C(=O)COc2ccc(F)cc2Cl)C1. The Kier molecular flexibility index (Phi) is 5.85. The summed E-state index contributed by atoms with van der Waals surface area (Å²) in [6, 6.07) is 3.83. The molecule has 4 nitrogen and oxygen atoms in total. The summed E-state index contributed by atoms with van der Waals surface area (Å²) in [6.07, 6.45) is 0.809. The molecule has 106 valence electrons. The Labute approximate surface area is 122 Å². The van der Waals surface area contributed by atoms with E-state index < -0.39 is 5.82 Å². The van der Waals surface area contributed by atoms with Gasteiger partial charge in [-0.05, 0) is 24.6 Å². The summed E-state index contributed by atoms with van der Waals surface area (Å²) in [6.45, 7) is 1.10. The Bertz CT molecular complexity index is 459. The maximum absolute atomic E-state index is 12.8. The fourth-order valence-corrected chi connectivity index (χ4v) is 2.06. The Balaban J connectivity index is 0.00000180. The molecule has 0 saturated carbocycles. The summed E-state index contributed by atoms with van der Waals surface area (Å²) in [7, 11) is 0. The maximum atomic E-state index is 12.8. The highest BCUT2D eigenvalue weighted by Crippen LogP contribution is 2.24. The van der Waals surface area contributed by atoms with Gasteiger partial charge in [-0.3, -0.25) is 4.79 Å². The van der Waals surface area contributed by atoms with Gasteiger partial charge in [0.05, 0.1) is 5.02 Å². The van der Waals surface area contributed by atoms with Crippen LogP contribution in [0.15, 0.2) is 18.2 Å². The first-order chi connectivity index (χ1) is 8.56. The van der Waals surface area contributed by atoms with E-state index in [4.69, 9.17) is 22.1 Å². The topological polar surface area (TPSA) is 55.6 Å². The van der Waals surface area contributed by atoms with Crippen LogP contribution < -0.4 is 10.5 Å². The van der Waals surface area contributed by atoms with E-state index in [-0.39, 0.29) is 36.0 Å². The molecule has 1 atom stereocenters. The number of likely N-dealkylation sites (tertiary alicyclic amines) is 1. The van der Waals surface area contributed by atoms with Crippen molar-refractivity contribution in [3.63, 3.8) is 0 Å². The van der Waals surface area contributed by atoms with Crippen molar-refractivity contribution >= 4 is 29.9 Å². The molecule has 1 saturated heterocycles. The lowest BCUT2D eigenvalue weighted by molar-refractivity contribution is -0.132. The third-order valence-corrected chi connectivity index (χ3v) is 3.12. The van der Waals surface area contributed by atoms with Gasteiger partial charge in [-0.1, -0.05) is 11.6 Å². The average molecular weight is 309 g/mol. The van der Waals surface area contributed by atoms with Crippen LogP contribution in [0.1, 0.15) is 6.42 Å². The number of rotatable bonds is 3. The molecule has 0 unspecified atom stereocenters. The van der Waals surface area contributed by atoms with Gasteiger partial charge in [0.25, 0.3) is 5.91 Å². The van der Waals surface area contributed by atoms with E-state index in [1.165, 1.54) is 12.1 Å². The standard InChI is InChI=1S/C12H14ClFN2O2.ClH/c13-10-5-8(14)1-2-11(10)18-7-12(17)16-4-3-9(15)6-16;/h1-2,5,9H,3-4,6-7,15H2;1H/t9-;/m1./s1. The minimum absolute atomic E-state index is 0. The van der Waals surface area contributed by atoms with Gasteiger partial charge in [-0.2, -0.15) is 0 Å². The van der Waals surface area contributed by atoms with Gasteiger partial charge in [0.15, 0.2) is 6.61 Å². The minimum atomic E-state index is -0.441. The summed E-state index contributed by atoms with van der Waals surface area (Å²) < 4.78 is 18.1. The van der Waals surface area contributed by atoms with Gasteiger partial charge in [-0.15, -0.1) is 12.4 Å². The van der Waals surface area contributed by atoms with E-state index in [1.807, 2.05) is 0 Å². The maximum Gasteiger partial charge on any atom is 0.260 e. The number of carbonyl (C=O) groups excluding carboxylic acids is 1. The van der Waals surface area contributed by atoms with Gasteiger partial charge in [0.1, 0.15) is 11.6 Å². The van der Waals surface area contributed by atoms with Gasteiger partial charge in [-0.25, -0.2) is 4.39 Å². The molecule has 0 radical (unpaired) electrons. The van der Waals surface area contributed by atoms with Crippen LogP contribution in [0.25, 0.3) is 0 Å². The second-order valence-corrected chi connectivity index (χ2v) is 4.66. The van der Waals surface area contributed by atoms with Gasteiger partial charge < -0.3 is 15.4 Å². The van der Waals surface area contributed by atoms with Crippen LogP contribution >= 0.6 is 24.0 Å². The second kappa shape index (κ2) is 6.93. The van der Waals surface area contributed by atoms with Crippen LogP contribution in [0.4, 0.5) is 4.39 Å². The molecule has 2 rings (SSSR count). The Morgan fingerprint density at radius 2 is 2.32 bits per heavy atom. The molecular formula is C12H15Cl2FN2O2. The first-order valence-corrected chi connectivity index (χ1v) is 6.05. The molecule has 7 heteroatoms. The molecule has 1 aromatic rings. The number of nitrogens with zero attached hydrogens (tertiary/aromatic N) is 1. The monoisotopic (exact) mass is 308 g/mol. The highest BCUT2D eigenvalue weighted by Gasteiger charge is 2.23. The molecule has 0 aliphatic carbocycles. The number of ether oxygens (including phenoxy) is 1. The van der Waals surface area contributed by atoms with Crippen molar-refractivity contribution in [2.75, 3.05) is 19.7 Å². The molecule has 1 fully saturated rings. The smallest absolute Gasteiger partial charge is 0.260 e. The van der Waals surface area contributed by atoms with Crippen molar-refractivity contribution in [3.05, 3.63) is 29.0 Å². The lowest BCUT2D eigenvalue weighted by atomic mass is 10.3. The second-order valence-electron chi connectivity index (χ2n) is 4.25.